The first-order valence-electron chi connectivity index (χ1n) is 32.2. The maximum atomic E-state index is 12.9. The summed E-state index contributed by atoms with van der Waals surface area (Å²) in [4.78, 5) is 72.1. The van der Waals surface area contributed by atoms with Crippen molar-refractivity contribution in [2.75, 3.05) is 39.6 Å². The van der Waals surface area contributed by atoms with Gasteiger partial charge in [0.15, 0.2) is 12.2 Å². The molecule has 0 rings (SSSR count). The number of carbonyl (C=O) groups excluding carboxylic acids is 4. The molecule has 0 heterocycles. The molecule has 0 aliphatic carbocycles. The van der Waals surface area contributed by atoms with Gasteiger partial charge in [-0.25, -0.2) is 9.13 Å². The molecular weight excluding hydrogens is 1080 g/mol. The van der Waals surface area contributed by atoms with Gasteiger partial charge in [-0.15, -0.1) is 0 Å². The van der Waals surface area contributed by atoms with Gasteiger partial charge in [0, 0.05) is 25.7 Å². The van der Waals surface area contributed by atoms with Crippen molar-refractivity contribution in [2.45, 2.75) is 311 Å². The number of aliphatic hydroxyl groups is 1. The van der Waals surface area contributed by atoms with Crippen LogP contribution in [-0.4, -0.2) is 96.7 Å². The molecule has 0 bridgehead atoms. The van der Waals surface area contributed by atoms with E-state index in [9.17, 15) is 43.2 Å². The van der Waals surface area contributed by atoms with Crippen molar-refractivity contribution < 1.29 is 80.2 Å². The molecule has 480 valence electrons. The van der Waals surface area contributed by atoms with E-state index >= 15 is 0 Å². The molecule has 0 aromatic heterocycles. The van der Waals surface area contributed by atoms with Crippen LogP contribution < -0.4 is 0 Å². The van der Waals surface area contributed by atoms with Gasteiger partial charge in [-0.3, -0.25) is 37.3 Å². The Labute approximate surface area is 492 Å². The first-order chi connectivity index (χ1) is 38.6. The van der Waals surface area contributed by atoms with Crippen LogP contribution in [0.2, 0.25) is 0 Å². The normalized spacial score (nSPS) is 14.8. The van der Waals surface area contributed by atoms with E-state index in [0.717, 1.165) is 114 Å². The van der Waals surface area contributed by atoms with E-state index in [1.165, 1.54) is 89.9 Å². The molecule has 0 aliphatic rings. The van der Waals surface area contributed by atoms with Gasteiger partial charge < -0.3 is 33.8 Å². The molecular formula is C62H120O17P2. The summed E-state index contributed by atoms with van der Waals surface area (Å²) in [5, 5.41) is 10.5. The minimum atomic E-state index is -4.94. The molecule has 81 heavy (non-hydrogen) atoms. The minimum absolute atomic E-state index is 0.100. The average molecular weight is 1200 g/mol. The fourth-order valence-electron chi connectivity index (χ4n) is 9.04. The predicted molar refractivity (Wildman–Crippen MR) is 321 cm³/mol. The highest BCUT2D eigenvalue weighted by molar-refractivity contribution is 7.47. The Hall–Kier alpha value is -1.94. The summed E-state index contributed by atoms with van der Waals surface area (Å²) < 4.78 is 67.9. The Balaban J connectivity index is 5.25. The fraction of sp³-hybridized carbons (Fsp3) is 0.935. The number of esters is 4. The van der Waals surface area contributed by atoms with E-state index in [4.69, 9.17) is 37.0 Å². The zero-order chi connectivity index (χ0) is 60.4. The van der Waals surface area contributed by atoms with Crippen LogP contribution in [0.15, 0.2) is 0 Å². The molecule has 0 saturated heterocycles. The lowest BCUT2D eigenvalue weighted by atomic mass is 10.00. The van der Waals surface area contributed by atoms with Gasteiger partial charge in [-0.05, 0) is 49.4 Å². The van der Waals surface area contributed by atoms with Crippen LogP contribution in [0.4, 0.5) is 0 Å². The average Bonchev–Trinajstić information content (AvgIpc) is 3.41. The molecule has 0 aromatic rings. The summed E-state index contributed by atoms with van der Waals surface area (Å²) >= 11 is 0. The lowest BCUT2D eigenvalue weighted by molar-refractivity contribution is -0.161. The number of unbranched alkanes of at least 4 members (excludes halogenated alkanes) is 24. The fourth-order valence-corrected chi connectivity index (χ4v) is 10.6. The molecule has 0 spiro atoms. The molecule has 0 amide bonds. The van der Waals surface area contributed by atoms with Crippen molar-refractivity contribution in [1.29, 1.82) is 0 Å². The van der Waals surface area contributed by atoms with E-state index in [1.54, 1.807) is 0 Å². The minimum Gasteiger partial charge on any atom is -0.462 e. The van der Waals surface area contributed by atoms with Gasteiger partial charge >= 0.3 is 39.5 Å². The van der Waals surface area contributed by atoms with Gasteiger partial charge in [0.25, 0.3) is 0 Å². The number of ether oxygens (including phenoxy) is 4. The van der Waals surface area contributed by atoms with Crippen LogP contribution in [0.5, 0.6) is 0 Å². The lowest BCUT2D eigenvalue weighted by Crippen LogP contribution is -2.30. The Morgan fingerprint density at radius 2 is 0.593 bits per heavy atom. The van der Waals surface area contributed by atoms with Crippen LogP contribution in [0.1, 0.15) is 293 Å². The third-order valence-corrected chi connectivity index (χ3v) is 16.3. The Kier molecular flexibility index (Phi) is 51.1. The van der Waals surface area contributed by atoms with Crippen molar-refractivity contribution in [3.63, 3.8) is 0 Å². The Morgan fingerprint density at radius 3 is 0.877 bits per heavy atom. The number of rotatable bonds is 59. The van der Waals surface area contributed by atoms with Gasteiger partial charge in [0.05, 0.1) is 26.4 Å². The standard InChI is InChI=1S/C62H120O17P2/c1-9-55(8)41-33-25-19-21-27-35-43-60(65)73-49-58(79-62(67)45-37-29-20-18-24-32-40-54(6)7)51-77-81(70,71)75-47-56(63)46-74-80(68,69)76-50-57(78-61(66)44-36-28-17-13-11-15-23-31-39-53(4)5)48-72-59(64)42-34-26-16-12-10-14-22-30-38-52(2)3/h52-58,63H,9-51H2,1-8H3,(H,68,69)(H,70,71)/t55?,56-,57-,58-/m1/s1. The summed E-state index contributed by atoms with van der Waals surface area (Å²) in [6.07, 6.45) is 31.0. The summed E-state index contributed by atoms with van der Waals surface area (Å²) in [7, 11) is -9.88. The topological polar surface area (TPSA) is 237 Å². The maximum Gasteiger partial charge on any atom is 0.472 e. The number of hydrogen-bond donors (Lipinski definition) is 3. The molecule has 3 N–H and O–H groups in total. The number of hydrogen-bond acceptors (Lipinski definition) is 15. The summed E-state index contributed by atoms with van der Waals surface area (Å²) in [5.41, 5.74) is 0. The van der Waals surface area contributed by atoms with Crippen molar-refractivity contribution in [3.8, 4) is 0 Å². The SMILES string of the molecule is CCC(C)CCCCCCCCC(=O)OC[C@H](COP(=O)(O)OC[C@H](O)COP(=O)(O)OC[C@@H](COC(=O)CCCCCCCCCCC(C)C)OC(=O)CCCCCCCCCCC(C)C)OC(=O)CCCCCCCCC(C)C. The van der Waals surface area contributed by atoms with E-state index < -0.39 is 97.5 Å². The van der Waals surface area contributed by atoms with E-state index in [0.29, 0.717) is 31.6 Å². The van der Waals surface area contributed by atoms with Crippen molar-refractivity contribution in [1.82, 2.24) is 0 Å². The number of carbonyl (C=O) groups is 4. The molecule has 3 unspecified atom stereocenters. The van der Waals surface area contributed by atoms with E-state index in [2.05, 4.69) is 55.4 Å². The molecule has 6 atom stereocenters. The van der Waals surface area contributed by atoms with E-state index in [-0.39, 0.29) is 25.7 Å². The second kappa shape index (κ2) is 52.4. The molecule has 0 aromatic carbocycles. The molecule has 0 fully saturated rings. The van der Waals surface area contributed by atoms with Crippen molar-refractivity contribution in [3.05, 3.63) is 0 Å². The quantitative estimate of drug-likeness (QED) is 0.0222. The molecule has 0 saturated carbocycles. The van der Waals surface area contributed by atoms with Crippen molar-refractivity contribution >= 4 is 39.5 Å². The predicted octanol–water partition coefficient (Wildman–Crippen LogP) is 16.6. The first-order valence-corrected chi connectivity index (χ1v) is 35.2. The van der Waals surface area contributed by atoms with Crippen molar-refractivity contribution in [2.24, 2.45) is 23.7 Å². The van der Waals surface area contributed by atoms with Crippen LogP contribution in [0, 0.1) is 23.7 Å². The summed E-state index contributed by atoms with van der Waals surface area (Å²) in [6, 6.07) is 0. The second-order valence-electron chi connectivity index (χ2n) is 24.1. The van der Waals surface area contributed by atoms with Crippen LogP contribution >= 0.6 is 15.6 Å². The molecule has 0 radical (unpaired) electrons. The van der Waals surface area contributed by atoms with Crippen LogP contribution in [-0.2, 0) is 65.4 Å². The lowest BCUT2D eigenvalue weighted by Gasteiger charge is -2.21. The highest BCUT2D eigenvalue weighted by Crippen LogP contribution is 2.45. The van der Waals surface area contributed by atoms with Gasteiger partial charge in [-0.2, -0.15) is 0 Å². The van der Waals surface area contributed by atoms with E-state index in [1.807, 2.05) is 0 Å². The second-order valence-corrected chi connectivity index (χ2v) is 27.0. The van der Waals surface area contributed by atoms with Gasteiger partial charge in [-0.1, -0.05) is 242 Å². The Bertz CT molecular complexity index is 1630. The summed E-state index contributed by atoms with van der Waals surface area (Å²) in [5.74, 6) is 0.697. The zero-order valence-electron chi connectivity index (χ0n) is 52.4. The highest BCUT2D eigenvalue weighted by atomic mass is 31.2. The smallest absolute Gasteiger partial charge is 0.462 e. The number of phosphoric ester groups is 2. The highest BCUT2D eigenvalue weighted by Gasteiger charge is 2.30. The molecule has 17 nitrogen and oxygen atoms in total. The van der Waals surface area contributed by atoms with Gasteiger partial charge in [0.2, 0.25) is 0 Å². The summed E-state index contributed by atoms with van der Waals surface area (Å²) in [6.45, 7) is 13.9. The van der Waals surface area contributed by atoms with Gasteiger partial charge in [0.1, 0.15) is 19.3 Å². The first kappa shape index (κ1) is 79.1. The Morgan fingerprint density at radius 1 is 0.346 bits per heavy atom. The maximum absolute atomic E-state index is 12.9. The van der Waals surface area contributed by atoms with Crippen LogP contribution in [0.3, 0.4) is 0 Å². The molecule has 0 aliphatic heterocycles. The monoisotopic (exact) mass is 1200 g/mol. The number of phosphoric acid groups is 2. The number of aliphatic hydroxyl groups excluding tert-OH is 1. The largest absolute Gasteiger partial charge is 0.472 e. The third-order valence-electron chi connectivity index (χ3n) is 14.4. The zero-order valence-corrected chi connectivity index (χ0v) is 54.2. The van der Waals surface area contributed by atoms with Crippen LogP contribution in [0.25, 0.3) is 0 Å². The third kappa shape index (κ3) is 55.7. The molecule has 19 heteroatoms.